The van der Waals surface area contributed by atoms with Gasteiger partial charge >= 0.3 is 0 Å². The lowest BCUT2D eigenvalue weighted by Gasteiger charge is -2.25. The molecule has 0 saturated carbocycles. The lowest BCUT2D eigenvalue weighted by atomic mass is 10.0. The Labute approximate surface area is 146 Å². The van der Waals surface area contributed by atoms with Crippen molar-refractivity contribution >= 4 is 18.3 Å². The van der Waals surface area contributed by atoms with Gasteiger partial charge in [0.05, 0.1) is 0 Å². The van der Waals surface area contributed by atoms with Crippen molar-refractivity contribution in [3.05, 3.63) is 29.3 Å². The molecule has 1 aromatic rings. The van der Waals surface area contributed by atoms with Crippen LogP contribution < -0.4 is 10.1 Å². The normalized spacial score (nSPS) is 16.5. The van der Waals surface area contributed by atoms with Crippen LogP contribution in [0.4, 0.5) is 0 Å². The van der Waals surface area contributed by atoms with Crippen molar-refractivity contribution in [2.24, 2.45) is 0 Å². The van der Waals surface area contributed by atoms with E-state index in [-0.39, 0.29) is 18.3 Å². The second kappa shape index (κ2) is 9.14. The van der Waals surface area contributed by atoms with Crippen molar-refractivity contribution < 1.29 is 9.53 Å². The van der Waals surface area contributed by atoms with Gasteiger partial charge in [0.25, 0.3) is 5.91 Å². The predicted octanol–water partition coefficient (Wildman–Crippen LogP) is 3.13. The number of nitrogens with zero attached hydrogens (tertiary/aromatic N) is 1. The zero-order chi connectivity index (χ0) is 16.1. The molecule has 1 fully saturated rings. The molecule has 0 radical (unpaired) electrons. The number of hydrogen-bond donors (Lipinski definition) is 1. The number of rotatable bonds is 4. The van der Waals surface area contributed by atoms with Crippen molar-refractivity contribution in [2.45, 2.75) is 46.1 Å². The quantitative estimate of drug-likeness (QED) is 0.915. The number of benzene rings is 1. The second-order valence-corrected chi connectivity index (χ2v) is 6.37. The number of nitrogens with one attached hydrogen (secondary N) is 1. The van der Waals surface area contributed by atoms with Gasteiger partial charge in [0, 0.05) is 19.6 Å². The molecule has 1 saturated heterocycles. The Hall–Kier alpha value is -1.26. The zero-order valence-electron chi connectivity index (χ0n) is 14.6. The van der Waals surface area contributed by atoms with Crippen molar-refractivity contribution in [3.63, 3.8) is 0 Å². The molecule has 1 N–H and O–H groups in total. The van der Waals surface area contributed by atoms with Crippen LogP contribution in [0.15, 0.2) is 18.2 Å². The monoisotopic (exact) mass is 340 g/mol. The summed E-state index contributed by atoms with van der Waals surface area (Å²) in [5.74, 6) is 1.35. The largest absolute Gasteiger partial charge is 0.481 e. The van der Waals surface area contributed by atoms with Crippen LogP contribution in [-0.4, -0.2) is 43.1 Å². The maximum atomic E-state index is 12.6. The summed E-state index contributed by atoms with van der Waals surface area (Å²) in [7, 11) is 0. The molecule has 2 rings (SSSR count). The van der Waals surface area contributed by atoms with Gasteiger partial charge in [0.2, 0.25) is 0 Å². The van der Waals surface area contributed by atoms with Gasteiger partial charge in [-0.05, 0) is 49.9 Å². The van der Waals surface area contributed by atoms with Gasteiger partial charge in [-0.3, -0.25) is 4.79 Å². The lowest BCUT2D eigenvalue weighted by Crippen LogP contribution is -2.42. The minimum absolute atomic E-state index is 0. The van der Waals surface area contributed by atoms with Crippen molar-refractivity contribution in [1.82, 2.24) is 10.2 Å². The van der Waals surface area contributed by atoms with Gasteiger partial charge in [-0.1, -0.05) is 26.0 Å². The number of carbonyl (C=O) groups excluding carboxylic acids is 1. The molecule has 4 nitrogen and oxygen atoms in total. The van der Waals surface area contributed by atoms with Crippen LogP contribution >= 0.6 is 12.4 Å². The Morgan fingerprint density at radius 2 is 1.96 bits per heavy atom. The number of halogens is 1. The fraction of sp³-hybridized carbons (Fsp3) is 0.611. The third kappa shape index (κ3) is 5.40. The third-order valence-electron chi connectivity index (χ3n) is 4.18. The number of hydrogen-bond acceptors (Lipinski definition) is 3. The van der Waals surface area contributed by atoms with E-state index in [4.69, 9.17) is 4.74 Å². The number of carbonyl (C=O) groups is 1. The molecule has 1 atom stereocenters. The number of aryl methyl sites for hydroxylation is 1. The Morgan fingerprint density at radius 3 is 2.65 bits per heavy atom. The highest BCUT2D eigenvalue weighted by atomic mass is 35.5. The Kier molecular flexibility index (Phi) is 7.86. The summed E-state index contributed by atoms with van der Waals surface area (Å²) in [6.45, 7) is 11.6. The van der Waals surface area contributed by atoms with Crippen LogP contribution in [0.5, 0.6) is 5.75 Å². The van der Waals surface area contributed by atoms with E-state index in [2.05, 4.69) is 37.4 Å². The molecule has 0 spiro atoms. The maximum absolute atomic E-state index is 12.6. The first-order valence-electron chi connectivity index (χ1n) is 8.25. The van der Waals surface area contributed by atoms with E-state index in [9.17, 15) is 4.79 Å². The first-order valence-corrected chi connectivity index (χ1v) is 8.25. The SMILES string of the molecule is Cc1ccc(C(C)C)cc1OC(C)C(=O)N1CCCNCC1.Cl. The summed E-state index contributed by atoms with van der Waals surface area (Å²) in [6, 6.07) is 6.26. The van der Waals surface area contributed by atoms with Crippen LogP contribution in [0.2, 0.25) is 0 Å². The van der Waals surface area contributed by atoms with E-state index in [0.29, 0.717) is 5.92 Å². The molecule has 1 aliphatic rings. The van der Waals surface area contributed by atoms with Crippen molar-refractivity contribution in [2.75, 3.05) is 26.2 Å². The van der Waals surface area contributed by atoms with Gasteiger partial charge in [-0.25, -0.2) is 0 Å². The molecule has 23 heavy (non-hydrogen) atoms. The fourth-order valence-electron chi connectivity index (χ4n) is 2.67. The Bertz CT molecular complexity index is 512. The van der Waals surface area contributed by atoms with E-state index in [1.165, 1.54) is 5.56 Å². The first kappa shape index (κ1) is 19.8. The maximum Gasteiger partial charge on any atom is 0.263 e. The average Bonchev–Trinajstić information content (AvgIpc) is 2.77. The summed E-state index contributed by atoms with van der Waals surface area (Å²) >= 11 is 0. The van der Waals surface area contributed by atoms with Gasteiger partial charge in [-0.15, -0.1) is 12.4 Å². The molecule has 5 heteroatoms. The third-order valence-corrected chi connectivity index (χ3v) is 4.18. The van der Waals surface area contributed by atoms with E-state index in [1.807, 2.05) is 18.7 Å². The van der Waals surface area contributed by atoms with Gasteiger partial charge in [-0.2, -0.15) is 0 Å². The molecule has 0 aromatic heterocycles. The minimum atomic E-state index is -0.445. The second-order valence-electron chi connectivity index (χ2n) is 6.37. The van der Waals surface area contributed by atoms with E-state index in [1.54, 1.807) is 0 Å². The van der Waals surface area contributed by atoms with Crippen LogP contribution in [0.25, 0.3) is 0 Å². The fourth-order valence-corrected chi connectivity index (χ4v) is 2.67. The Morgan fingerprint density at radius 1 is 1.22 bits per heavy atom. The molecular weight excluding hydrogens is 312 g/mol. The molecule has 130 valence electrons. The van der Waals surface area contributed by atoms with Gasteiger partial charge < -0.3 is 15.0 Å². The summed E-state index contributed by atoms with van der Waals surface area (Å²) in [5, 5.41) is 3.32. The number of amides is 1. The summed E-state index contributed by atoms with van der Waals surface area (Å²) in [5.41, 5.74) is 2.31. The van der Waals surface area contributed by atoms with E-state index in [0.717, 1.165) is 43.9 Å². The molecule has 1 heterocycles. The zero-order valence-corrected chi connectivity index (χ0v) is 15.4. The standard InChI is InChI=1S/C18H28N2O2.ClH/c1-13(2)16-7-6-14(3)17(12-16)22-15(4)18(21)20-10-5-8-19-9-11-20;/h6-7,12-13,15,19H,5,8-11H2,1-4H3;1H. The number of ether oxygens (including phenoxy) is 1. The topological polar surface area (TPSA) is 41.6 Å². The summed E-state index contributed by atoms with van der Waals surface area (Å²) in [6.07, 6.45) is 0.555. The van der Waals surface area contributed by atoms with Crippen molar-refractivity contribution in [3.8, 4) is 5.75 Å². The molecule has 1 aliphatic heterocycles. The predicted molar refractivity (Wildman–Crippen MR) is 96.7 cm³/mol. The van der Waals surface area contributed by atoms with E-state index < -0.39 is 6.10 Å². The highest BCUT2D eigenvalue weighted by Gasteiger charge is 2.23. The minimum Gasteiger partial charge on any atom is -0.481 e. The van der Waals surface area contributed by atoms with Crippen LogP contribution in [0.1, 0.15) is 44.2 Å². The summed E-state index contributed by atoms with van der Waals surface area (Å²) < 4.78 is 5.98. The molecule has 1 amide bonds. The smallest absolute Gasteiger partial charge is 0.263 e. The van der Waals surface area contributed by atoms with Crippen LogP contribution in [0.3, 0.4) is 0 Å². The van der Waals surface area contributed by atoms with Crippen molar-refractivity contribution in [1.29, 1.82) is 0 Å². The Balaban J connectivity index is 0.00000264. The van der Waals surface area contributed by atoms with Crippen LogP contribution in [-0.2, 0) is 4.79 Å². The lowest BCUT2D eigenvalue weighted by molar-refractivity contribution is -0.137. The summed E-state index contributed by atoms with van der Waals surface area (Å²) in [4.78, 5) is 14.5. The van der Waals surface area contributed by atoms with E-state index >= 15 is 0 Å². The first-order chi connectivity index (χ1) is 10.5. The average molecular weight is 341 g/mol. The van der Waals surface area contributed by atoms with Gasteiger partial charge in [0.15, 0.2) is 6.10 Å². The molecular formula is C18H29ClN2O2. The molecule has 0 aliphatic carbocycles. The highest BCUT2D eigenvalue weighted by molar-refractivity contribution is 5.85. The van der Waals surface area contributed by atoms with Gasteiger partial charge in [0.1, 0.15) is 5.75 Å². The highest BCUT2D eigenvalue weighted by Crippen LogP contribution is 2.25. The molecule has 1 aromatic carbocycles. The molecule has 0 bridgehead atoms. The molecule has 1 unspecified atom stereocenters. The van der Waals surface area contributed by atoms with Crippen LogP contribution in [0, 0.1) is 6.92 Å².